The summed E-state index contributed by atoms with van der Waals surface area (Å²) in [6.45, 7) is 4.05. The van der Waals surface area contributed by atoms with Gasteiger partial charge < -0.3 is 4.90 Å². The number of likely N-dealkylation sites (tertiary alicyclic amines) is 1. The fourth-order valence-corrected chi connectivity index (χ4v) is 4.73. The van der Waals surface area contributed by atoms with Crippen LogP contribution in [0.3, 0.4) is 0 Å². The first-order valence-electron chi connectivity index (χ1n) is 9.98. The molecule has 1 atom stereocenters. The normalized spacial score (nSPS) is 20.9. The molecule has 148 valence electrons. The number of carbonyl (C=O) groups is 1. The van der Waals surface area contributed by atoms with Gasteiger partial charge in [-0.25, -0.2) is 4.39 Å². The van der Waals surface area contributed by atoms with Crippen LogP contribution in [0.1, 0.15) is 24.5 Å². The van der Waals surface area contributed by atoms with E-state index >= 15 is 0 Å². The van der Waals surface area contributed by atoms with Gasteiger partial charge in [0, 0.05) is 42.2 Å². The molecule has 0 bridgehead atoms. The molecule has 0 N–H and O–H groups in total. The molecule has 0 radical (unpaired) electrons. The Balaban J connectivity index is 1.49. The standard InChI is InChI=1S/C23H23FN4O/c1-3-27-11-10-23(27)19-6-4-5-7-21(19)28(22(23)29)15-17-9-8-16(12-20(17)24)18-13-25-26(2)14-18/h4-9,12-14H,3,10-11,15H2,1-2H3. The number of anilines is 1. The molecular weight excluding hydrogens is 367 g/mol. The third-order valence-corrected chi connectivity index (χ3v) is 6.32. The fraction of sp³-hybridized carbons (Fsp3) is 0.304. The molecule has 3 aromatic rings. The van der Waals surface area contributed by atoms with Crippen LogP contribution in [0.15, 0.2) is 54.9 Å². The number of aryl methyl sites for hydroxylation is 1. The molecule has 29 heavy (non-hydrogen) atoms. The number of rotatable bonds is 4. The van der Waals surface area contributed by atoms with Gasteiger partial charge in [0.25, 0.3) is 5.91 Å². The summed E-state index contributed by atoms with van der Waals surface area (Å²) in [5.41, 5.74) is 3.53. The van der Waals surface area contributed by atoms with Crippen LogP contribution in [-0.4, -0.2) is 33.7 Å². The second-order valence-electron chi connectivity index (χ2n) is 7.81. The van der Waals surface area contributed by atoms with E-state index in [1.165, 1.54) is 6.07 Å². The highest BCUT2D eigenvalue weighted by molar-refractivity contribution is 6.08. The van der Waals surface area contributed by atoms with E-state index in [-0.39, 0.29) is 18.3 Å². The lowest BCUT2D eigenvalue weighted by molar-refractivity contribution is -0.139. The van der Waals surface area contributed by atoms with Crippen molar-refractivity contribution < 1.29 is 9.18 Å². The van der Waals surface area contributed by atoms with E-state index in [0.29, 0.717) is 5.56 Å². The lowest BCUT2D eigenvalue weighted by atomic mass is 9.79. The van der Waals surface area contributed by atoms with E-state index in [2.05, 4.69) is 16.9 Å². The molecule has 2 aliphatic rings. The number of halogens is 1. The second kappa shape index (κ2) is 6.52. The lowest BCUT2D eigenvalue weighted by Crippen LogP contribution is -2.62. The lowest BCUT2D eigenvalue weighted by Gasteiger charge is -2.49. The zero-order valence-electron chi connectivity index (χ0n) is 16.6. The highest BCUT2D eigenvalue weighted by Crippen LogP contribution is 2.51. The second-order valence-corrected chi connectivity index (χ2v) is 7.81. The molecule has 3 heterocycles. The van der Waals surface area contributed by atoms with Crippen molar-refractivity contribution in [3.05, 3.63) is 71.8 Å². The number of nitrogens with zero attached hydrogens (tertiary/aromatic N) is 4. The van der Waals surface area contributed by atoms with E-state index < -0.39 is 5.54 Å². The maximum Gasteiger partial charge on any atom is 0.252 e. The van der Waals surface area contributed by atoms with Crippen LogP contribution in [0.2, 0.25) is 0 Å². The SMILES string of the molecule is CCN1CCC12C(=O)N(Cc1ccc(-c3cnn(C)c3)cc1F)c1ccccc12. The van der Waals surface area contributed by atoms with Crippen molar-refractivity contribution in [3.8, 4) is 11.1 Å². The number of para-hydroxylation sites is 1. The van der Waals surface area contributed by atoms with Crippen molar-refractivity contribution in [1.29, 1.82) is 0 Å². The predicted octanol–water partition coefficient (Wildman–Crippen LogP) is 3.69. The first-order valence-corrected chi connectivity index (χ1v) is 9.98. The van der Waals surface area contributed by atoms with Crippen LogP contribution in [0.4, 0.5) is 10.1 Å². The van der Waals surface area contributed by atoms with Crippen molar-refractivity contribution in [1.82, 2.24) is 14.7 Å². The summed E-state index contributed by atoms with van der Waals surface area (Å²) >= 11 is 0. The minimum Gasteiger partial charge on any atom is -0.306 e. The maximum atomic E-state index is 15.0. The third-order valence-electron chi connectivity index (χ3n) is 6.32. The molecule has 0 saturated carbocycles. The quantitative estimate of drug-likeness (QED) is 0.682. The van der Waals surface area contributed by atoms with Crippen LogP contribution < -0.4 is 4.90 Å². The van der Waals surface area contributed by atoms with Crippen molar-refractivity contribution in [2.45, 2.75) is 25.4 Å². The van der Waals surface area contributed by atoms with Gasteiger partial charge >= 0.3 is 0 Å². The van der Waals surface area contributed by atoms with E-state index in [4.69, 9.17) is 0 Å². The van der Waals surface area contributed by atoms with Crippen LogP contribution >= 0.6 is 0 Å². The molecule has 6 heteroatoms. The van der Waals surface area contributed by atoms with Gasteiger partial charge in [-0.2, -0.15) is 5.10 Å². The highest BCUT2D eigenvalue weighted by atomic mass is 19.1. The van der Waals surface area contributed by atoms with Crippen molar-refractivity contribution >= 4 is 11.6 Å². The van der Waals surface area contributed by atoms with E-state index in [1.54, 1.807) is 21.8 Å². The molecule has 2 aromatic carbocycles. The Kier molecular flexibility index (Phi) is 4.06. The number of aromatic nitrogens is 2. The summed E-state index contributed by atoms with van der Waals surface area (Å²) in [5.74, 6) is -0.249. The minimum atomic E-state index is -0.572. The maximum absolute atomic E-state index is 15.0. The Morgan fingerprint density at radius 3 is 2.66 bits per heavy atom. The van der Waals surface area contributed by atoms with Gasteiger partial charge in [-0.05, 0) is 30.7 Å². The zero-order valence-corrected chi connectivity index (χ0v) is 16.6. The topological polar surface area (TPSA) is 41.4 Å². The smallest absolute Gasteiger partial charge is 0.252 e. The summed E-state index contributed by atoms with van der Waals surface area (Å²) in [4.78, 5) is 17.5. The molecule has 1 amide bonds. The Hall–Kier alpha value is -2.99. The van der Waals surface area contributed by atoms with Gasteiger partial charge in [0.2, 0.25) is 0 Å². The fourth-order valence-electron chi connectivity index (χ4n) is 4.73. The number of carbonyl (C=O) groups excluding carboxylic acids is 1. The molecule has 1 fully saturated rings. The largest absolute Gasteiger partial charge is 0.306 e. The Morgan fingerprint density at radius 1 is 1.17 bits per heavy atom. The molecule has 1 spiro atoms. The molecule has 2 aliphatic heterocycles. The summed E-state index contributed by atoms with van der Waals surface area (Å²) < 4.78 is 16.6. The summed E-state index contributed by atoms with van der Waals surface area (Å²) in [7, 11) is 1.83. The van der Waals surface area contributed by atoms with Gasteiger partial charge in [0.05, 0.1) is 12.7 Å². The monoisotopic (exact) mass is 390 g/mol. The molecule has 0 aliphatic carbocycles. The molecule has 1 saturated heterocycles. The molecular formula is C23H23FN4O. The number of hydrogen-bond donors (Lipinski definition) is 0. The van der Waals surface area contributed by atoms with Gasteiger partial charge in [-0.1, -0.05) is 37.3 Å². The average Bonchev–Trinajstić information content (AvgIpc) is 3.24. The number of hydrogen-bond acceptors (Lipinski definition) is 3. The number of benzene rings is 2. The van der Waals surface area contributed by atoms with Gasteiger partial charge in [0.1, 0.15) is 11.4 Å². The highest BCUT2D eigenvalue weighted by Gasteiger charge is 2.58. The average molecular weight is 390 g/mol. The van der Waals surface area contributed by atoms with Crippen LogP contribution in [0.25, 0.3) is 11.1 Å². The predicted molar refractivity (Wildman–Crippen MR) is 110 cm³/mol. The van der Waals surface area contributed by atoms with E-state index in [0.717, 1.165) is 41.9 Å². The van der Waals surface area contributed by atoms with Crippen molar-refractivity contribution in [2.75, 3.05) is 18.0 Å². The van der Waals surface area contributed by atoms with Crippen LogP contribution in [-0.2, 0) is 23.9 Å². The summed E-state index contributed by atoms with van der Waals surface area (Å²) in [6.07, 6.45) is 4.39. The molecule has 5 rings (SSSR count). The van der Waals surface area contributed by atoms with Gasteiger partial charge in [-0.3, -0.25) is 14.4 Å². The molecule has 5 nitrogen and oxygen atoms in total. The van der Waals surface area contributed by atoms with Gasteiger partial charge in [-0.15, -0.1) is 0 Å². The number of likely N-dealkylation sites (N-methyl/N-ethyl adjacent to an activating group) is 1. The zero-order chi connectivity index (χ0) is 20.2. The number of amides is 1. The summed E-state index contributed by atoms with van der Waals surface area (Å²) in [5, 5.41) is 4.15. The summed E-state index contributed by atoms with van der Waals surface area (Å²) in [6, 6.07) is 13.1. The van der Waals surface area contributed by atoms with Crippen LogP contribution in [0, 0.1) is 5.82 Å². The van der Waals surface area contributed by atoms with Gasteiger partial charge in [0.15, 0.2) is 0 Å². The van der Waals surface area contributed by atoms with E-state index in [9.17, 15) is 9.18 Å². The first-order chi connectivity index (χ1) is 14.0. The first kappa shape index (κ1) is 18.1. The van der Waals surface area contributed by atoms with Crippen molar-refractivity contribution in [3.63, 3.8) is 0 Å². The molecule has 1 aromatic heterocycles. The third kappa shape index (κ3) is 2.55. The van der Waals surface area contributed by atoms with E-state index in [1.807, 2.05) is 43.6 Å². The van der Waals surface area contributed by atoms with Crippen molar-refractivity contribution in [2.24, 2.45) is 7.05 Å². The van der Waals surface area contributed by atoms with Crippen LogP contribution in [0.5, 0.6) is 0 Å². The Morgan fingerprint density at radius 2 is 2.00 bits per heavy atom. The Labute approximate surface area is 169 Å². The minimum absolute atomic E-state index is 0.0579. The number of fused-ring (bicyclic) bond motifs is 2. The molecule has 1 unspecified atom stereocenters. The Bertz CT molecular complexity index is 1110.